The molecule has 0 aromatic heterocycles. The van der Waals surface area contributed by atoms with Crippen LogP contribution in [0.2, 0.25) is 0 Å². The van der Waals surface area contributed by atoms with Crippen LogP contribution in [0, 0.1) is 11.8 Å². The smallest absolute Gasteiger partial charge is 0.549 e. The molecule has 9 heteroatoms. The van der Waals surface area contributed by atoms with Crippen LogP contribution in [0.25, 0.3) is 0 Å². The first-order chi connectivity index (χ1) is 15.6. The molecule has 0 bridgehead atoms. The summed E-state index contributed by atoms with van der Waals surface area (Å²) in [5, 5.41) is 37.1. The Morgan fingerprint density at radius 3 is 0.971 bits per heavy atom. The molecule has 0 heterocycles. The van der Waals surface area contributed by atoms with E-state index in [0.717, 1.165) is 51.4 Å². The number of aliphatic carboxylic acids is 2. The molecule has 0 saturated heterocycles. The number of rotatable bonds is 14. The fourth-order valence-corrected chi connectivity index (χ4v) is 2.52. The number of Topliss-reactive ketones (excluding diaryl/α,β-unsaturated/α-hetero) is 2. The number of carbonyl (C=O) groups is 4. The van der Waals surface area contributed by atoms with Crippen molar-refractivity contribution >= 4 is 23.5 Å². The molecular formula is C26H50O8Ti. The molecule has 206 valence electrons. The summed E-state index contributed by atoms with van der Waals surface area (Å²) in [4.78, 5) is 42.6. The summed E-state index contributed by atoms with van der Waals surface area (Å²) in [7, 11) is 0. The van der Waals surface area contributed by atoms with Gasteiger partial charge in [-0.1, -0.05) is 65.2 Å². The zero-order valence-electron chi connectivity index (χ0n) is 23.2. The van der Waals surface area contributed by atoms with Gasteiger partial charge < -0.3 is 30.0 Å². The van der Waals surface area contributed by atoms with Crippen LogP contribution in [-0.2, 0) is 40.9 Å². The first-order valence-corrected chi connectivity index (χ1v) is 12.4. The van der Waals surface area contributed by atoms with Crippen molar-refractivity contribution in [1.82, 2.24) is 0 Å². The first kappa shape index (κ1) is 43.9. The number of carbonyl (C=O) groups excluding carboxylic acids is 4. The summed E-state index contributed by atoms with van der Waals surface area (Å²) in [6.07, 6.45) is 8.51. The van der Waals surface area contributed by atoms with Gasteiger partial charge in [0, 0.05) is 12.2 Å². The van der Waals surface area contributed by atoms with Crippen molar-refractivity contribution in [3.63, 3.8) is 0 Å². The maximum atomic E-state index is 10.8. The maximum absolute atomic E-state index is 10.8. The third kappa shape index (κ3) is 43.4. The molecule has 0 aliphatic rings. The third-order valence-corrected chi connectivity index (χ3v) is 4.24. The normalized spacial score (nSPS) is 11.3. The van der Waals surface area contributed by atoms with E-state index in [4.69, 9.17) is 10.2 Å². The van der Waals surface area contributed by atoms with E-state index in [9.17, 15) is 29.4 Å². The van der Waals surface area contributed by atoms with Gasteiger partial charge in [0.2, 0.25) is 0 Å². The summed E-state index contributed by atoms with van der Waals surface area (Å²) >= 11 is 0. The summed E-state index contributed by atoms with van der Waals surface area (Å²) in [5.74, 6) is -4.84. The zero-order chi connectivity index (χ0) is 27.7. The minimum Gasteiger partial charge on any atom is -0.549 e. The molecule has 0 saturated carbocycles. The van der Waals surface area contributed by atoms with Gasteiger partial charge in [-0.25, -0.2) is 0 Å². The number of carboxylic acid groups (broad SMARTS) is 2. The van der Waals surface area contributed by atoms with Crippen LogP contribution >= 0.6 is 0 Å². The molecular weight excluding hydrogens is 488 g/mol. The van der Waals surface area contributed by atoms with Gasteiger partial charge in [-0.15, -0.1) is 0 Å². The predicted octanol–water partition coefficient (Wildman–Crippen LogP) is 2.60. The second-order valence-corrected chi connectivity index (χ2v) is 8.85. The van der Waals surface area contributed by atoms with Crippen molar-refractivity contribution in [2.24, 2.45) is 11.8 Å². The van der Waals surface area contributed by atoms with Gasteiger partial charge in [-0.2, -0.15) is 0 Å². The molecule has 0 aromatic rings. The number of hydrogen-bond donors (Lipinski definition) is 2. The summed E-state index contributed by atoms with van der Waals surface area (Å²) < 4.78 is 0. The molecule has 0 radical (unpaired) electrons. The Morgan fingerprint density at radius 2 is 0.829 bits per heavy atom. The van der Waals surface area contributed by atoms with E-state index in [-0.39, 0.29) is 45.5 Å². The van der Waals surface area contributed by atoms with Gasteiger partial charge in [0.05, 0.1) is 23.8 Å². The van der Waals surface area contributed by atoms with Gasteiger partial charge >= 0.3 is 21.7 Å². The maximum Gasteiger partial charge on any atom is 2.00 e. The summed E-state index contributed by atoms with van der Waals surface area (Å²) in [5.41, 5.74) is 0. The van der Waals surface area contributed by atoms with Crippen LogP contribution in [0.4, 0.5) is 0 Å². The average molecular weight is 539 g/mol. The van der Waals surface area contributed by atoms with E-state index in [1.165, 1.54) is 13.8 Å². The van der Waals surface area contributed by atoms with Crippen LogP contribution in [-0.4, -0.2) is 45.9 Å². The second-order valence-electron chi connectivity index (χ2n) is 8.85. The molecule has 0 spiro atoms. The van der Waals surface area contributed by atoms with E-state index >= 15 is 0 Å². The number of hydrogen-bond acceptors (Lipinski definition) is 8. The Bertz CT molecular complexity index is 442. The molecule has 2 N–H and O–H groups in total. The van der Waals surface area contributed by atoms with E-state index < -0.39 is 23.8 Å². The standard InChI is InChI=1S/2C10H18O3.2C3H8O.Ti/c2*1-3-4-5-6-7-9(8(2)11)10(12)13;2*1-3(2)4;/h2*9H,3-7H2,1-2H3,(H,12,13);2*3-4H,1-2H3;/q;;;;+2/p-2. The van der Waals surface area contributed by atoms with Gasteiger partial charge in [0.15, 0.2) is 0 Å². The Kier molecular flexibility index (Phi) is 38.9. The number of unbranched alkanes of at least 4 members (excludes halogenated alkanes) is 6. The first-order valence-electron chi connectivity index (χ1n) is 12.4. The van der Waals surface area contributed by atoms with Crippen molar-refractivity contribution in [1.29, 1.82) is 0 Å². The molecule has 8 nitrogen and oxygen atoms in total. The van der Waals surface area contributed by atoms with Crippen LogP contribution in [0.15, 0.2) is 0 Å². The minimum absolute atomic E-state index is 0. The molecule has 0 aliphatic carbocycles. The number of aliphatic hydroxyl groups excluding tert-OH is 2. The molecule has 0 aromatic carbocycles. The molecule has 0 fully saturated rings. The average Bonchev–Trinajstić information content (AvgIpc) is 2.66. The molecule has 0 rings (SSSR count). The molecule has 35 heavy (non-hydrogen) atoms. The summed E-state index contributed by atoms with van der Waals surface area (Å²) in [6, 6.07) is 0. The van der Waals surface area contributed by atoms with Crippen molar-refractivity contribution in [2.45, 2.75) is 132 Å². The van der Waals surface area contributed by atoms with E-state index in [2.05, 4.69) is 13.8 Å². The monoisotopic (exact) mass is 538 g/mol. The van der Waals surface area contributed by atoms with Gasteiger partial charge in [-0.05, 0) is 54.4 Å². The van der Waals surface area contributed by atoms with Gasteiger partial charge in [0.1, 0.15) is 11.6 Å². The van der Waals surface area contributed by atoms with E-state index in [0.29, 0.717) is 12.8 Å². The molecule has 2 atom stereocenters. The largest absolute Gasteiger partial charge is 2.00 e. The molecule has 0 aliphatic heterocycles. The second kappa shape index (κ2) is 30.9. The van der Waals surface area contributed by atoms with Crippen LogP contribution in [0.3, 0.4) is 0 Å². The van der Waals surface area contributed by atoms with Crippen molar-refractivity contribution < 1.29 is 61.3 Å². The Balaban J connectivity index is -0.000000128. The quantitative estimate of drug-likeness (QED) is 0.194. The predicted molar refractivity (Wildman–Crippen MR) is 131 cm³/mol. The van der Waals surface area contributed by atoms with Crippen molar-refractivity contribution in [3.8, 4) is 0 Å². The van der Waals surface area contributed by atoms with Gasteiger partial charge in [-0.3, -0.25) is 9.59 Å². The number of ketones is 2. The van der Waals surface area contributed by atoms with Crippen LogP contribution in [0.1, 0.15) is 120 Å². The number of aliphatic hydroxyl groups is 2. The third-order valence-electron chi connectivity index (χ3n) is 4.24. The summed E-state index contributed by atoms with van der Waals surface area (Å²) in [6.45, 7) is 13.7. The Labute approximate surface area is 228 Å². The van der Waals surface area contributed by atoms with E-state index in [1.54, 1.807) is 27.7 Å². The number of carboxylic acids is 2. The Hall–Kier alpha value is -1.09. The minimum atomic E-state index is -1.23. The van der Waals surface area contributed by atoms with Crippen LogP contribution in [0.5, 0.6) is 0 Å². The fraction of sp³-hybridized carbons (Fsp3) is 0.846. The zero-order valence-corrected chi connectivity index (χ0v) is 24.8. The molecule has 0 amide bonds. The topological polar surface area (TPSA) is 155 Å². The van der Waals surface area contributed by atoms with Crippen molar-refractivity contribution in [2.75, 3.05) is 0 Å². The fourth-order valence-electron chi connectivity index (χ4n) is 2.52. The van der Waals surface area contributed by atoms with Crippen molar-refractivity contribution in [3.05, 3.63) is 0 Å². The Morgan fingerprint density at radius 1 is 0.600 bits per heavy atom. The molecule has 2 unspecified atom stereocenters. The van der Waals surface area contributed by atoms with Crippen LogP contribution < -0.4 is 10.2 Å². The van der Waals surface area contributed by atoms with E-state index in [1.807, 2.05) is 0 Å². The van der Waals surface area contributed by atoms with Gasteiger partial charge in [0.25, 0.3) is 0 Å². The SMILES string of the molecule is CC(C)O.CC(C)O.CCCCCCC(C(C)=O)C(=O)[O-].CCCCCCC(C(C)=O)C(=O)[O-].[Ti+2].